The van der Waals surface area contributed by atoms with Gasteiger partial charge in [-0.05, 0) is 42.9 Å². The summed E-state index contributed by atoms with van der Waals surface area (Å²) in [5.74, 6) is 2.78. The van der Waals surface area contributed by atoms with Gasteiger partial charge in [0.1, 0.15) is 5.75 Å². The lowest BCUT2D eigenvalue weighted by atomic mass is 9.99. The van der Waals surface area contributed by atoms with Crippen LogP contribution in [0.15, 0.2) is 23.2 Å². The van der Waals surface area contributed by atoms with E-state index in [0.717, 1.165) is 37.3 Å². The third kappa shape index (κ3) is 5.04. The highest BCUT2D eigenvalue weighted by molar-refractivity contribution is 14.0. The van der Waals surface area contributed by atoms with E-state index in [1.54, 1.807) is 7.11 Å². The first kappa shape index (κ1) is 19.1. The Morgan fingerprint density at radius 2 is 2.05 bits per heavy atom. The van der Waals surface area contributed by atoms with Crippen molar-refractivity contribution >= 4 is 29.9 Å². The number of halogens is 1. The molecule has 0 radical (unpaired) electrons. The highest BCUT2D eigenvalue weighted by Gasteiger charge is 2.18. The molecule has 1 heterocycles. The smallest absolute Gasteiger partial charge is 0.193 e. The van der Waals surface area contributed by atoms with Crippen LogP contribution >= 0.6 is 24.0 Å². The van der Waals surface area contributed by atoms with E-state index in [4.69, 9.17) is 4.74 Å². The van der Waals surface area contributed by atoms with Crippen LogP contribution in [0.5, 0.6) is 5.75 Å². The fraction of sp³-hybridized carbons (Fsp3) is 0.588. The molecule has 0 bridgehead atoms. The summed E-state index contributed by atoms with van der Waals surface area (Å²) in [6.07, 6.45) is 2.50. The Balaban J connectivity index is 0.00000242. The lowest BCUT2D eigenvalue weighted by Gasteiger charge is -2.33. The molecule has 1 aromatic rings. The maximum absolute atomic E-state index is 5.30. The Labute approximate surface area is 151 Å². The first-order chi connectivity index (χ1) is 10.1. The SMILES string of the molecule is CN=C(NCc1ccc(OC)c(C)c1)N1CCC(C)CC1.I. The topological polar surface area (TPSA) is 36.9 Å². The van der Waals surface area contributed by atoms with Crippen LogP contribution in [0.1, 0.15) is 30.9 Å². The van der Waals surface area contributed by atoms with E-state index >= 15 is 0 Å². The van der Waals surface area contributed by atoms with Gasteiger partial charge in [0, 0.05) is 26.7 Å². The molecule has 0 saturated carbocycles. The Morgan fingerprint density at radius 1 is 1.36 bits per heavy atom. The van der Waals surface area contributed by atoms with E-state index in [-0.39, 0.29) is 24.0 Å². The summed E-state index contributed by atoms with van der Waals surface area (Å²) in [6, 6.07) is 6.29. The fourth-order valence-corrected chi connectivity index (χ4v) is 2.78. The van der Waals surface area contributed by atoms with Gasteiger partial charge in [-0.2, -0.15) is 0 Å². The minimum atomic E-state index is 0. The number of benzene rings is 1. The number of rotatable bonds is 3. The van der Waals surface area contributed by atoms with Crippen LogP contribution in [0, 0.1) is 12.8 Å². The molecule has 1 saturated heterocycles. The van der Waals surface area contributed by atoms with Crippen LogP contribution in [0.2, 0.25) is 0 Å². The van der Waals surface area contributed by atoms with Crippen molar-refractivity contribution in [3.63, 3.8) is 0 Å². The van der Waals surface area contributed by atoms with Crippen molar-refractivity contribution in [3.05, 3.63) is 29.3 Å². The van der Waals surface area contributed by atoms with E-state index in [1.165, 1.54) is 24.0 Å². The van der Waals surface area contributed by atoms with Crippen molar-refractivity contribution in [1.82, 2.24) is 10.2 Å². The van der Waals surface area contributed by atoms with Crippen molar-refractivity contribution in [2.45, 2.75) is 33.2 Å². The van der Waals surface area contributed by atoms with E-state index in [2.05, 4.69) is 41.2 Å². The fourth-order valence-electron chi connectivity index (χ4n) is 2.78. The zero-order chi connectivity index (χ0) is 15.2. The highest BCUT2D eigenvalue weighted by atomic mass is 127. The summed E-state index contributed by atoms with van der Waals surface area (Å²) in [5.41, 5.74) is 2.42. The quantitative estimate of drug-likeness (QED) is 0.465. The average molecular weight is 417 g/mol. The third-order valence-corrected chi connectivity index (χ3v) is 4.20. The Bertz CT molecular complexity index is 497. The van der Waals surface area contributed by atoms with Crippen molar-refractivity contribution in [2.24, 2.45) is 10.9 Å². The minimum absolute atomic E-state index is 0. The van der Waals surface area contributed by atoms with E-state index < -0.39 is 0 Å². The summed E-state index contributed by atoms with van der Waals surface area (Å²) < 4.78 is 5.30. The molecule has 0 aromatic heterocycles. The number of nitrogens with one attached hydrogen (secondary N) is 1. The number of aryl methyl sites for hydroxylation is 1. The number of piperidine rings is 1. The van der Waals surface area contributed by atoms with Gasteiger partial charge >= 0.3 is 0 Å². The molecule has 22 heavy (non-hydrogen) atoms. The number of aliphatic imine (C=N–C) groups is 1. The van der Waals surface area contributed by atoms with Crippen molar-refractivity contribution in [1.29, 1.82) is 0 Å². The second-order valence-electron chi connectivity index (χ2n) is 5.87. The molecule has 0 aliphatic carbocycles. The molecule has 124 valence electrons. The molecule has 0 unspecified atom stereocenters. The number of likely N-dealkylation sites (tertiary alicyclic amines) is 1. The van der Waals surface area contributed by atoms with Gasteiger partial charge in [-0.3, -0.25) is 4.99 Å². The van der Waals surface area contributed by atoms with Crippen LogP contribution in [0.3, 0.4) is 0 Å². The first-order valence-corrected chi connectivity index (χ1v) is 7.73. The molecule has 0 atom stereocenters. The summed E-state index contributed by atoms with van der Waals surface area (Å²) in [4.78, 5) is 6.77. The van der Waals surface area contributed by atoms with Gasteiger partial charge in [-0.25, -0.2) is 0 Å². The Kier molecular flexibility index (Phi) is 8.00. The van der Waals surface area contributed by atoms with Crippen LogP contribution in [-0.4, -0.2) is 38.1 Å². The molecular formula is C17H28IN3O. The minimum Gasteiger partial charge on any atom is -0.496 e. The number of hydrogen-bond acceptors (Lipinski definition) is 2. The molecule has 5 heteroatoms. The van der Waals surface area contributed by atoms with Gasteiger partial charge in [-0.15, -0.1) is 24.0 Å². The van der Waals surface area contributed by atoms with E-state index in [9.17, 15) is 0 Å². The predicted octanol–water partition coefficient (Wildman–Crippen LogP) is 3.43. The third-order valence-electron chi connectivity index (χ3n) is 4.20. The largest absolute Gasteiger partial charge is 0.496 e. The van der Waals surface area contributed by atoms with E-state index in [1.807, 2.05) is 13.1 Å². The summed E-state index contributed by atoms with van der Waals surface area (Å²) in [6.45, 7) is 7.39. The average Bonchev–Trinajstić information content (AvgIpc) is 2.49. The first-order valence-electron chi connectivity index (χ1n) is 7.73. The van der Waals surface area contributed by atoms with Crippen LogP contribution in [-0.2, 0) is 6.54 Å². The van der Waals surface area contributed by atoms with E-state index in [0.29, 0.717) is 0 Å². The van der Waals surface area contributed by atoms with Gasteiger partial charge in [0.05, 0.1) is 7.11 Å². The van der Waals surface area contributed by atoms with Crippen molar-refractivity contribution < 1.29 is 4.74 Å². The second kappa shape index (κ2) is 9.22. The number of methoxy groups -OCH3 is 1. The van der Waals surface area contributed by atoms with Gasteiger partial charge in [0.25, 0.3) is 0 Å². The Hall–Kier alpha value is -0.980. The van der Waals surface area contributed by atoms with Gasteiger partial charge < -0.3 is 15.0 Å². The maximum Gasteiger partial charge on any atom is 0.193 e. The highest BCUT2D eigenvalue weighted by Crippen LogP contribution is 2.19. The molecule has 1 aromatic carbocycles. The second-order valence-corrected chi connectivity index (χ2v) is 5.87. The van der Waals surface area contributed by atoms with Crippen LogP contribution in [0.4, 0.5) is 0 Å². The zero-order valence-corrected chi connectivity index (χ0v) is 16.4. The molecule has 0 amide bonds. The number of hydrogen-bond donors (Lipinski definition) is 1. The van der Waals surface area contributed by atoms with Crippen molar-refractivity contribution in [2.75, 3.05) is 27.2 Å². The lowest BCUT2D eigenvalue weighted by molar-refractivity contribution is 0.273. The molecule has 2 rings (SSSR count). The molecule has 1 aliphatic heterocycles. The zero-order valence-electron chi connectivity index (χ0n) is 14.1. The van der Waals surface area contributed by atoms with Crippen LogP contribution in [0.25, 0.3) is 0 Å². The number of ether oxygens (including phenoxy) is 1. The molecule has 1 fully saturated rings. The van der Waals surface area contributed by atoms with Crippen molar-refractivity contribution in [3.8, 4) is 5.75 Å². The van der Waals surface area contributed by atoms with Gasteiger partial charge in [0.15, 0.2) is 5.96 Å². The summed E-state index contributed by atoms with van der Waals surface area (Å²) in [5, 5.41) is 3.47. The van der Waals surface area contributed by atoms with Crippen LogP contribution < -0.4 is 10.1 Å². The normalized spacial score (nSPS) is 16.2. The van der Waals surface area contributed by atoms with Gasteiger partial charge in [-0.1, -0.05) is 19.1 Å². The predicted molar refractivity (Wildman–Crippen MR) is 103 cm³/mol. The lowest BCUT2D eigenvalue weighted by Crippen LogP contribution is -2.45. The molecule has 4 nitrogen and oxygen atoms in total. The molecular weight excluding hydrogens is 389 g/mol. The standard InChI is InChI=1S/C17H27N3O.HI/c1-13-7-9-20(10-8-13)17(18-3)19-12-15-5-6-16(21-4)14(2)11-15;/h5-6,11,13H,7-10,12H2,1-4H3,(H,18,19);1H. The monoisotopic (exact) mass is 417 g/mol. The number of guanidine groups is 1. The Morgan fingerprint density at radius 3 is 2.59 bits per heavy atom. The molecule has 0 spiro atoms. The summed E-state index contributed by atoms with van der Waals surface area (Å²) in [7, 11) is 3.57. The number of nitrogens with zero attached hydrogens (tertiary/aromatic N) is 2. The molecule has 1 N–H and O–H groups in total. The van der Waals surface area contributed by atoms with Gasteiger partial charge in [0.2, 0.25) is 0 Å². The maximum atomic E-state index is 5.30. The molecule has 1 aliphatic rings. The summed E-state index contributed by atoms with van der Waals surface area (Å²) >= 11 is 0.